The van der Waals surface area contributed by atoms with E-state index in [1.165, 1.54) is 24.3 Å². The van der Waals surface area contributed by atoms with Gasteiger partial charge in [0.1, 0.15) is 5.56 Å². The number of carboxylic acids is 1. The minimum absolute atomic E-state index is 0.0661. The fourth-order valence-corrected chi connectivity index (χ4v) is 3.07. The number of nitrogens with zero attached hydrogens (tertiary/aromatic N) is 1. The van der Waals surface area contributed by atoms with Crippen LogP contribution in [0.1, 0.15) is 26.3 Å². The van der Waals surface area contributed by atoms with Crippen molar-refractivity contribution < 1.29 is 28.0 Å². The van der Waals surface area contributed by atoms with E-state index in [0.717, 1.165) is 0 Å². The van der Waals surface area contributed by atoms with Crippen molar-refractivity contribution >= 4 is 37.2 Å². The number of hydrogen-bond donors (Lipinski definition) is 1. The molecule has 0 amide bonds. The van der Waals surface area contributed by atoms with Crippen LogP contribution in [0, 0.1) is 10.1 Å². The molecule has 0 unspecified atom stereocenters. The van der Waals surface area contributed by atoms with Crippen molar-refractivity contribution in [2.75, 3.05) is 0 Å². The van der Waals surface area contributed by atoms with Crippen LogP contribution in [-0.2, 0) is 9.05 Å². The zero-order valence-corrected chi connectivity index (χ0v) is 13.2. The lowest BCUT2D eigenvalue weighted by Gasteiger charge is -2.08. The number of rotatable bonds is 5. The maximum absolute atomic E-state index is 12.5. The van der Waals surface area contributed by atoms with E-state index in [1.807, 2.05) is 0 Å². The molecule has 0 aliphatic heterocycles. The van der Waals surface area contributed by atoms with E-state index in [0.29, 0.717) is 12.1 Å². The summed E-state index contributed by atoms with van der Waals surface area (Å²) in [4.78, 5) is 32.8. The Hall–Kier alpha value is -2.78. The molecule has 0 fully saturated rings. The van der Waals surface area contributed by atoms with E-state index in [9.17, 15) is 28.1 Å². The molecule has 0 bridgehead atoms. The van der Waals surface area contributed by atoms with Gasteiger partial charge < -0.3 is 5.11 Å². The summed E-state index contributed by atoms with van der Waals surface area (Å²) in [5, 5.41) is 20.1. The van der Waals surface area contributed by atoms with Gasteiger partial charge in [-0.2, -0.15) is 0 Å². The summed E-state index contributed by atoms with van der Waals surface area (Å²) in [5.74, 6) is -2.56. The average molecular weight is 370 g/mol. The lowest BCUT2D eigenvalue weighted by Crippen LogP contribution is -2.12. The summed E-state index contributed by atoms with van der Waals surface area (Å²) >= 11 is 0. The van der Waals surface area contributed by atoms with Crippen molar-refractivity contribution in [1.29, 1.82) is 0 Å². The molecule has 10 heteroatoms. The van der Waals surface area contributed by atoms with Gasteiger partial charge in [0.05, 0.1) is 9.82 Å². The van der Waals surface area contributed by atoms with Gasteiger partial charge >= 0.3 is 5.97 Å². The number of benzene rings is 2. The highest BCUT2D eigenvalue weighted by atomic mass is 35.7. The van der Waals surface area contributed by atoms with E-state index < -0.39 is 47.4 Å². The van der Waals surface area contributed by atoms with Gasteiger partial charge in [-0.1, -0.05) is 30.3 Å². The first-order valence-corrected chi connectivity index (χ1v) is 8.54. The number of halogens is 1. The van der Waals surface area contributed by atoms with Gasteiger partial charge in [-0.15, -0.1) is 0 Å². The van der Waals surface area contributed by atoms with Gasteiger partial charge in [-0.3, -0.25) is 14.9 Å². The summed E-state index contributed by atoms with van der Waals surface area (Å²) in [6.45, 7) is 0. The van der Waals surface area contributed by atoms with E-state index in [1.54, 1.807) is 6.07 Å². The summed E-state index contributed by atoms with van der Waals surface area (Å²) in [6, 6.07) is 8.52. The second-order valence-corrected chi connectivity index (χ2v) is 7.10. The van der Waals surface area contributed by atoms with Gasteiger partial charge in [0, 0.05) is 27.9 Å². The summed E-state index contributed by atoms with van der Waals surface area (Å²) < 4.78 is 23.4. The SMILES string of the molecule is O=C(O)c1cc(S(=O)(=O)Cl)c(C(=O)c2ccccc2)cc1[N+](=O)[O-]. The second-order valence-electron chi connectivity index (χ2n) is 4.56. The standard InChI is InChI=1S/C14H8ClNO7S/c15-24(22,23)12-7-9(14(18)19)11(16(20)21)6-10(12)13(17)8-4-2-1-3-5-8/h1-7H,(H,18,19). The topological polar surface area (TPSA) is 132 Å². The van der Waals surface area contributed by atoms with Crippen LogP contribution in [0.5, 0.6) is 0 Å². The predicted molar refractivity (Wildman–Crippen MR) is 83.0 cm³/mol. The van der Waals surface area contributed by atoms with Gasteiger partial charge in [-0.05, 0) is 6.07 Å². The maximum Gasteiger partial charge on any atom is 0.342 e. The maximum atomic E-state index is 12.5. The van der Waals surface area contributed by atoms with E-state index in [2.05, 4.69) is 0 Å². The Balaban J connectivity index is 2.83. The van der Waals surface area contributed by atoms with Gasteiger partial charge in [0.15, 0.2) is 5.78 Å². The molecule has 8 nitrogen and oxygen atoms in total. The Bertz CT molecular complexity index is 955. The summed E-state index contributed by atoms with van der Waals surface area (Å²) in [7, 11) is 0.742. The van der Waals surface area contributed by atoms with Crippen molar-refractivity contribution in [2.45, 2.75) is 4.90 Å². The van der Waals surface area contributed by atoms with Crippen LogP contribution in [0.2, 0.25) is 0 Å². The van der Waals surface area contributed by atoms with E-state index in [4.69, 9.17) is 15.8 Å². The molecule has 0 spiro atoms. The van der Waals surface area contributed by atoms with Gasteiger partial charge in [0.2, 0.25) is 0 Å². The first kappa shape index (κ1) is 17.6. The Kier molecular flexibility index (Phi) is 4.67. The minimum atomic E-state index is -4.52. The molecule has 0 aliphatic carbocycles. The highest BCUT2D eigenvalue weighted by molar-refractivity contribution is 8.13. The van der Waals surface area contributed by atoms with Crippen molar-refractivity contribution in [3.8, 4) is 0 Å². The Morgan fingerprint density at radius 1 is 1.08 bits per heavy atom. The number of ketones is 1. The fourth-order valence-electron chi connectivity index (χ4n) is 2.01. The van der Waals surface area contributed by atoms with Crippen LogP contribution in [0.4, 0.5) is 5.69 Å². The van der Waals surface area contributed by atoms with E-state index in [-0.39, 0.29) is 5.56 Å². The third kappa shape index (κ3) is 3.42. The van der Waals surface area contributed by atoms with Gasteiger partial charge in [0.25, 0.3) is 14.7 Å². The average Bonchev–Trinajstić information content (AvgIpc) is 2.52. The minimum Gasteiger partial charge on any atom is -0.477 e. The molecular weight excluding hydrogens is 362 g/mol. The number of nitro groups is 1. The number of carbonyl (C=O) groups is 2. The molecule has 1 N–H and O–H groups in total. The molecule has 24 heavy (non-hydrogen) atoms. The number of carboxylic acid groups (broad SMARTS) is 1. The quantitative estimate of drug-likeness (QED) is 0.370. The number of carbonyl (C=O) groups excluding carboxylic acids is 1. The highest BCUT2D eigenvalue weighted by Crippen LogP contribution is 2.30. The Labute approximate surface area is 139 Å². The van der Waals surface area contributed by atoms with Crippen molar-refractivity contribution in [3.63, 3.8) is 0 Å². The van der Waals surface area contributed by atoms with Crippen LogP contribution >= 0.6 is 10.7 Å². The molecular formula is C14H8ClNO7S. The smallest absolute Gasteiger partial charge is 0.342 e. The lowest BCUT2D eigenvalue weighted by atomic mass is 10.0. The first-order chi connectivity index (χ1) is 11.1. The molecule has 0 heterocycles. The molecule has 2 aromatic rings. The van der Waals surface area contributed by atoms with Crippen LogP contribution in [-0.4, -0.2) is 30.2 Å². The normalized spacial score (nSPS) is 11.0. The number of aromatic carboxylic acids is 1. The second kappa shape index (κ2) is 6.38. The van der Waals surface area contributed by atoms with Crippen LogP contribution in [0.3, 0.4) is 0 Å². The lowest BCUT2D eigenvalue weighted by molar-refractivity contribution is -0.385. The van der Waals surface area contributed by atoms with Crippen molar-refractivity contribution in [2.24, 2.45) is 0 Å². The van der Waals surface area contributed by atoms with Crippen LogP contribution in [0.15, 0.2) is 47.4 Å². The highest BCUT2D eigenvalue weighted by Gasteiger charge is 2.30. The third-order valence-electron chi connectivity index (χ3n) is 3.07. The molecule has 2 aromatic carbocycles. The third-order valence-corrected chi connectivity index (χ3v) is 4.43. The molecule has 2 rings (SSSR count). The zero-order valence-electron chi connectivity index (χ0n) is 11.7. The number of nitro benzene ring substituents is 1. The number of hydrogen-bond acceptors (Lipinski definition) is 6. The molecule has 124 valence electrons. The Morgan fingerprint density at radius 3 is 2.12 bits per heavy atom. The molecule has 0 atom stereocenters. The molecule has 0 aliphatic rings. The zero-order chi connectivity index (χ0) is 18.1. The first-order valence-electron chi connectivity index (χ1n) is 6.23. The van der Waals surface area contributed by atoms with Crippen molar-refractivity contribution in [1.82, 2.24) is 0 Å². The molecule has 0 aromatic heterocycles. The van der Waals surface area contributed by atoms with Crippen LogP contribution < -0.4 is 0 Å². The largest absolute Gasteiger partial charge is 0.477 e. The van der Waals surface area contributed by atoms with Crippen molar-refractivity contribution in [3.05, 3.63) is 69.3 Å². The molecule has 0 saturated heterocycles. The summed E-state index contributed by atoms with van der Waals surface area (Å²) in [5.41, 5.74) is -2.31. The van der Waals surface area contributed by atoms with Crippen LogP contribution in [0.25, 0.3) is 0 Å². The fraction of sp³-hybridized carbons (Fsp3) is 0. The monoisotopic (exact) mass is 369 g/mol. The molecule has 0 radical (unpaired) electrons. The Morgan fingerprint density at radius 2 is 1.67 bits per heavy atom. The van der Waals surface area contributed by atoms with Gasteiger partial charge in [-0.25, -0.2) is 13.2 Å². The van der Waals surface area contributed by atoms with E-state index >= 15 is 0 Å². The predicted octanol–water partition coefficient (Wildman–Crippen LogP) is 2.45. The summed E-state index contributed by atoms with van der Waals surface area (Å²) in [6.07, 6.45) is 0. The molecule has 0 saturated carbocycles.